The van der Waals surface area contributed by atoms with Crippen molar-refractivity contribution in [3.05, 3.63) is 89.1 Å². The fourth-order valence-electron chi connectivity index (χ4n) is 5.31. The second kappa shape index (κ2) is 9.73. The Morgan fingerprint density at radius 2 is 1.77 bits per heavy atom. The number of rotatable bonds is 5. The van der Waals surface area contributed by atoms with Crippen LogP contribution in [0.15, 0.2) is 71.9 Å². The molecule has 9 heteroatoms. The number of carbonyl (C=O) groups excluding carboxylic acids is 2. The Labute approximate surface area is 236 Å². The van der Waals surface area contributed by atoms with Crippen LogP contribution in [0.1, 0.15) is 35.7 Å². The van der Waals surface area contributed by atoms with Crippen LogP contribution in [-0.4, -0.2) is 32.1 Å². The number of para-hydroxylation sites is 1. The molecule has 2 aliphatic rings. The van der Waals surface area contributed by atoms with Gasteiger partial charge in [0.2, 0.25) is 11.8 Å². The number of carbonyl (C=O) groups is 2. The van der Waals surface area contributed by atoms with Gasteiger partial charge in [-0.2, -0.15) is 0 Å². The van der Waals surface area contributed by atoms with Crippen LogP contribution in [0.3, 0.4) is 0 Å². The largest absolute Gasteiger partial charge is 0.353 e. The van der Waals surface area contributed by atoms with Crippen molar-refractivity contribution in [2.24, 2.45) is 0 Å². The number of aromatic nitrogens is 2. The number of thioether (sulfide) groups is 1. The lowest BCUT2D eigenvalue weighted by atomic mass is 9.83. The third kappa shape index (κ3) is 4.77. The highest BCUT2D eigenvalue weighted by Crippen LogP contribution is 2.38. The van der Waals surface area contributed by atoms with Crippen molar-refractivity contribution in [1.29, 1.82) is 0 Å². The summed E-state index contributed by atoms with van der Waals surface area (Å²) in [6.07, 6.45) is 0.657. The smallest absolute Gasteiger partial charge is 0.247 e. The van der Waals surface area contributed by atoms with Crippen molar-refractivity contribution in [2.75, 3.05) is 10.2 Å². The predicted molar refractivity (Wildman–Crippen MR) is 159 cm³/mol. The minimum absolute atomic E-state index is 0.106. The first kappa shape index (κ1) is 25.5. The molecule has 0 unspecified atom stereocenters. The molecule has 3 aromatic carbocycles. The molecule has 0 spiro atoms. The van der Waals surface area contributed by atoms with E-state index in [0.717, 1.165) is 39.0 Å². The number of nitrogens with zero attached hydrogens (tertiary/aromatic N) is 3. The van der Waals surface area contributed by atoms with E-state index in [1.807, 2.05) is 37.3 Å². The Bertz CT molecular complexity index is 1660. The molecule has 4 aromatic rings. The minimum Gasteiger partial charge on any atom is -0.353 e. The molecule has 2 aliphatic heterocycles. The van der Waals surface area contributed by atoms with Gasteiger partial charge in [0.05, 0.1) is 22.4 Å². The molecule has 2 amide bonds. The quantitative estimate of drug-likeness (QED) is 0.192. The molecule has 2 N–H and O–H groups in total. The van der Waals surface area contributed by atoms with Crippen LogP contribution in [0.5, 0.6) is 0 Å². The summed E-state index contributed by atoms with van der Waals surface area (Å²) in [5, 5.41) is 8.17. The number of thiocarbonyl (C=S) groups is 1. The lowest BCUT2D eigenvalue weighted by Gasteiger charge is -2.39. The number of hydrogen-bond donors (Lipinski definition) is 2. The number of hydrogen-bond acceptors (Lipinski definition) is 6. The molecular weight excluding hydrogens is 526 g/mol. The summed E-state index contributed by atoms with van der Waals surface area (Å²) in [6, 6.07) is 21.4. The number of nitrogens with one attached hydrogen (secondary N) is 2. The van der Waals surface area contributed by atoms with Crippen LogP contribution in [0.2, 0.25) is 0 Å². The molecule has 196 valence electrons. The Morgan fingerprint density at radius 1 is 1.03 bits per heavy atom. The van der Waals surface area contributed by atoms with Gasteiger partial charge < -0.3 is 10.6 Å². The number of amides is 2. The Kier molecular flexibility index (Phi) is 6.35. The summed E-state index contributed by atoms with van der Waals surface area (Å²) in [7, 11) is 0. The van der Waals surface area contributed by atoms with E-state index in [2.05, 4.69) is 48.7 Å². The number of fused-ring (bicyclic) bond motifs is 2. The minimum atomic E-state index is -0.586. The molecule has 1 fully saturated rings. The summed E-state index contributed by atoms with van der Waals surface area (Å²) < 4.78 is 0. The third-order valence-corrected chi connectivity index (χ3v) is 8.46. The lowest BCUT2D eigenvalue weighted by molar-refractivity contribution is -0.121. The Morgan fingerprint density at radius 3 is 2.56 bits per heavy atom. The van der Waals surface area contributed by atoms with Gasteiger partial charge >= 0.3 is 0 Å². The maximum Gasteiger partial charge on any atom is 0.247 e. The van der Waals surface area contributed by atoms with Crippen LogP contribution >= 0.6 is 24.0 Å². The van der Waals surface area contributed by atoms with Gasteiger partial charge in [0.25, 0.3) is 0 Å². The molecule has 1 saturated heterocycles. The maximum absolute atomic E-state index is 13.3. The Hall–Kier alpha value is -3.82. The topological polar surface area (TPSA) is 87.2 Å². The van der Waals surface area contributed by atoms with Gasteiger partial charge in [-0.05, 0) is 63.3 Å². The molecule has 0 saturated carbocycles. The highest BCUT2D eigenvalue weighted by Gasteiger charge is 2.41. The van der Waals surface area contributed by atoms with Crippen molar-refractivity contribution in [3.63, 3.8) is 0 Å². The van der Waals surface area contributed by atoms with Gasteiger partial charge in [-0.15, -0.1) is 0 Å². The number of imide groups is 1. The second-order valence-electron chi connectivity index (χ2n) is 10.3. The van der Waals surface area contributed by atoms with Gasteiger partial charge in [-0.3, -0.25) is 9.59 Å². The fraction of sp³-hybridized carbons (Fsp3) is 0.233. The van der Waals surface area contributed by atoms with Gasteiger partial charge in [0.1, 0.15) is 5.25 Å². The zero-order chi connectivity index (χ0) is 27.3. The average Bonchev–Trinajstić information content (AvgIpc) is 3.17. The van der Waals surface area contributed by atoms with Gasteiger partial charge in [0.15, 0.2) is 10.3 Å². The summed E-state index contributed by atoms with van der Waals surface area (Å²) in [6.45, 7) is 6.25. The predicted octanol–water partition coefficient (Wildman–Crippen LogP) is 5.43. The first-order valence-corrected chi connectivity index (χ1v) is 14.0. The maximum atomic E-state index is 13.3. The summed E-state index contributed by atoms with van der Waals surface area (Å²) in [4.78, 5) is 37.1. The first-order chi connectivity index (χ1) is 18.7. The van der Waals surface area contributed by atoms with Crippen LogP contribution in [0.4, 0.5) is 11.4 Å². The summed E-state index contributed by atoms with van der Waals surface area (Å²) in [5.74, 6) is -0.459. The Balaban J connectivity index is 1.38. The normalized spacial score (nSPS) is 20.6. The molecule has 3 heterocycles. The fourth-order valence-corrected chi connectivity index (χ4v) is 6.65. The van der Waals surface area contributed by atoms with E-state index in [1.54, 1.807) is 12.1 Å². The number of anilines is 2. The molecule has 0 aliphatic carbocycles. The molecule has 6 rings (SSSR count). The second-order valence-corrected chi connectivity index (χ2v) is 11.9. The van der Waals surface area contributed by atoms with E-state index in [0.29, 0.717) is 22.4 Å². The van der Waals surface area contributed by atoms with Crippen LogP contribution in [0.25, 0.3) is 10.9 Å². The van der Waals surface area contributed by atoms with Crippen molar-refractivity contribution < 1.29 is 9.59 Å². The molecule has 0 bridgehead atoms. The molecular formula is C30H27N5O2S2. The van der Waals surface area contributed by atoms with Crippen molar-refractivity contribution in [1.82, 2.24) is 15.3 Å². The first-order valence-electron chi connectivity index (χ1n) is 12.8. The third-order valence-electron chi connectivity index (χ3n) is 7.21. The van der Waals surface area contributed by atoms with Crippen molar-refractivity contribution in [3.8, 4) is 0 Å². The van der Waals surface area contributed by atoms with E-state index in [-0.39, 0.29) is 18.2 Å². The number of aryl methyl sites for hydroxylation is 2. The standard InChI is InChI=1S/C30H27N5O2S2/c1-17-9-11-22-20(13-17)24(16-30(3)21-14-18(2)10-12-23(21)31-28(38)34-30)33-29(32-22)39-25-15-26(36)35(27(25)37)19-7-5-4-6-8-19/h4-14,25H,15-16H2,1-3H3,(H2,31,34,38)/t25-,30-/m0/s1. The summed E-state index contributed by atoms with van der Waals surface area (Å²) in [5.41, 5.74) is 6.08. The molecule has 39 heavy (non-hydrogen) atoms. The van der Waals surface area contributed by atoms with E-state index < -0.39 is 10.8 Å². The highest BCUT2D eigenvalue weighted by molar-refractivity contribution is 8.00. The lowest BCUT2D eigenvalue weighted by Crippen LogP contribution is -2.51. The number of benzene rings is 3. The van der Waals surface area contributed by atoms with E-state index >= 15 is 0 Å². The van der Waals surface area contributed by atoms with Gasteiger partial charge in [-0.25, -0.2) is 14.9 Å². The summed E-state index contributed by atoms with van der Waals surface area (Å²) >= 11 is 6.81. The van der Waals surface area contributed by atoms with Gasteiger partial charge in [-0.1, -0.05) is 59.3 Å². The van der Waals surface area contributed by atoms with Gasteiger partial charge in [0, 0.05) is 29.5 Å². The van der Waals surface area contributed by atoms with E-state index in [1.165, 1.54) is 16.7 Å². The molecule has 2 atom stereocenters. The van der Waals surface area contributed by atoms with E-state index in [4.69, 9.17) is 22.2 Å². The molecule has 1 aromatic heterocycles. The zero-order valence-electron chi connectivity index (χ0n) is 21.8. The zero-order valence-corrected chi connectivity index (χ0v) is 23.5. The molecule has 0 radical (unpaired) electrons. The van der Waals surface area contributed by atoms with Crippen molar-refractivity contribution in [2.45, 2.75) is 49.6 Å². The van der Waals surface area contributed by atoms with Crippen LogP contribution in [-0.2, 0) is 21.5 Å². The van der Waals surface area contributed by atoms with Crippen molar-refractivity contribution >= 4 is 63.2 Å². The SMILES string of the molecule is Cc1ccc2c(c1)[C@](C)(Cc1nc(S[C@H]3CC(=O)N(c4ccccc4)C3=O)nc3ccc(C)cc13)NC(=S)N2. The average molecular weight is 554 g/mol. The van der Waals surface area contributed by atoms with E-state index in [9.17, 15) is 9.59 Å². The monoisotopic (exact) mass is 553 g/mol. The highest BCUT2D eigenvalue weighted by atomic mass is 32.2. The molecule has 7 nitrogen and oxygen atoms in total. The van der Waals surface area contributed by atoms with Crippen LogP contribution < -0.4 is 15.5 Å². The van der Waals surface area contributed by atoms with Crippen LogP contribution in [0, 0.1) is 13.8 Å².